The predicted octanol–water partition coefficient (Wildman–Crippen LogP) is 7.06. The molecule has 1 N–H and O–H groups in total. The van der Waals surface area contributed by atoms with Crippen molar-refractivity contribution in [3.05, 3.63) is 102 Å². The van der Waals surface area contributed by atoms with Crippen molar-refractivity contribution >= 4 is 35.0 Å². The summed E-state index contributed by atoms with van der Waals surface area (Å²) in [4.78, 5) is 17.6. The summed E-state index contributed by atoms with van der Waals surface area (Å²) in [6, 6.07) is 30.8. The summed E-state index contributed by atoms with van der Waals surface area (Å²) >= 11 is 7.29. The number of amides is 1. The maximum atomic E-state index is 12.9. The molecule has 0 aliphatic heterocycles. The zero-order chi connectivity index (χ0) is 23.2. The van der Waals surface area contributed by atoms with Gasteiger partial charge in [0.1, 0.15) is 11.1 Å². The van der Waals surface area contributed by atoms with Crippen molar-refractivity contribution in [2.75, 3.05) is 5.32 Å². The number of rotatable bonds is 6. The first-order valence-electron chi connectivity index (χ1n) is 10.3. The van der Waals surface area contributed by atoms with E-state index in [-0.39, 0.29) is 5.91 Å². The second-order valence-electron chi connectivity index (χ2n) is 7.34. The number of carbonyl (C=O) groups excluding carboxylic acids is 1. The average molecular weight is 470 g/mol. The molecule has 0 fully saturated rings. The van der Waals surface area contributed by atoms with Crippen molar-refractivity contribution in [1.82, 2.24) is 4.98 Å². The van der Waals surface area contributed by atoms with Crippen molar-refractivity contribution < 1.29 is 4.79 Å². The highest BCUT2D eigenvalue weighted by atomic mass is 35.5. The number of halogens is 1. The van der Waals surface area contributed by atoms with Gasteiger partial charge in [0, 0.05) is 21.8 Å². The van der Waals surface area contributed by atoms with E-state index in [1.54, 1.807) is 31.2 Å². The van der Waals surface area contributed by atoms with E-state index in [1.165, 1.54) is 11.8 Å². The molecule has 1 atom stereocenters. The molecule has 4 rings (SSSR count). The van der Waals surface area contributed by atoms with Gasteiger partial charge in [-0.25, -0.2) is 4.98 Å². The van der Waals surface area contributed by atoms with Gasteiger partial charge in [-0.2, -0.15) is 5.26 Å². The highest BCUT2D eigenvalue weighted by Gasteiger charge is 2.21. The highest BCUT2D eigenvalue weighted by Crippen LogP contribution is 2.35. The molecule has 4 nitrogen and oxygen atoms in total. The minimum Gasteiger partial charge on any atom is -0.325 e. The van der Waals surface area contributed by atoms with Crippen LogP contribution in [0.4, 0.5) is 5.69 Å². The Labute approximate surface area is 202 Å². The standard InChI is InChI=1S/C27H20ClN3OS/c1-18(26(32)30-22-14-8-13-21(28)15-22)33-27-24(17-29)23(19-9-4-2-5-10-19)16-25(31-27)20-11-6-3-7-12-20/h2-16,18H,1H3,(H,30,32)/t18-/m1/s1. The van der Waals surface area contributed by atoms with Crippen LogP contribution < -0.4 is 5.32 Å². The van der Waals surface area contributed by atoms with Crippen molar-refractivity contribution in [2.24, 2.45) is 0 Å². The fourth-order valence-electron chi connectivity index (χ4n) is 3.35. The molecule has 0 saturated heterocycles. The zero-order valence-corrected chi connectivity index (χ0v) is 19.4. The van der Waals surface area contributed by atoms with Gasteiger partial charge in [-0.15, -0.1) is 0 Å². The van der Waals surface area contributed by atoms with Crippen LogP contribution >= 0.6 is 23.4 Å². The Hall–Kier alpha value is -3.59. The van der Waals surface area contributed by atoms with E-state index in [4.69, 9.17) is 16.6 Å². The normalized spacial score (nSPS) is 11.4. The van der Waals surface area contributed by atoms with Crippen LogP contribution in [0.2, 0.25) is 5.02 Å². The predicted molar refractivity (Wildman–Crippen MR) is 135 cm³/mol. The topological polar surface area (TPSA) is 65.8 Å². The molecule has 162 valence electrons. The average Bonchev–Trinajstić information content (AvgIpc) is 2.84. The van der Waals surface area contributed by atoms with Crippen LogP contribution in [-0.2, 0) is 4.79 Å². The number of nitrogens with zero attached hydrogens (tertiary/aromatic N) is 2. The lowest BCUT2D eigenvalue weighted by Gasteiger charge is -2.16. The number of thioether (sulfide) groups is 1. The number of pyridine rings is 1. The molecule has 1 aromatic heterocycles. The third-order valence-electron chi connectivity index (χ3n) is 5.00. The molecule has 0 bridgehead atoms. The van der Waals surface area contributed by atoms with Crippen molar-refractivity contribution in [3.63, 3.8) is 0 Å². The van der Waals surface area contributed by atoms with Gasteiger partial charge < -0.3 is 5.32 Å². The Morgan fingerprint density at radius 2 is 1.64 bits per heavy atom. The maximum Gasteiger partial charge on any atom is 0.237 e. The number of benzene rings is 3. The number of hydrogen-bond donors (Lipinski definition) is 1. The number of nitriles is 1. The van der Waals surface area contributed by atoms with Crippen LogP contribution in [-0.4, -0.2) is 16.1 Å². The second kappa shape index (κ2) is 10.4. The van der Waals surface area contributed by atoms with E-state index in [2.05, 4.69) is 11.4 Å². The molecular formula is C27H20ClN3OS. The van der Waals surface area contributed by atoms with E-state index in [0.29, 0.717) is 21.3 Å². The van der Waals surface area contributed by atoms with Crippen molar-refractivity contribution in [1.29, 1.82) is 5.26 Å². The zero-order valence-electron chi connectivity index (χ0n) is 17.8. The van der Waals surface area contributed by atoms with Gasteiger partial charge in [-0.05, 0) is 36.8 Å². The number of anilines is 1. The molecule has 0 radical (unpaired) electrons. The van der Waals surface area contributed by atoms with E-state index in [9.17, 15) is 10.1 Å². The number of hydrogen-bond acceptors (Lipinski definition) is 4. The Kier molecular flexibility index (Phi) is 7.09. The molecule has 6 heteroatoms. The van der Waals surface area contributed by atoms with E-state index < -0.39 is 5.25 Å². The fraction of sp³-hybridized carbons (Fsp3) is 0.0741. The second-order valence-corrected chi connectivity index (χ2v) is 9.10. The molecule has 0 spiro atoms. The van der Waals surface area contributed by atoms with E-state index in [1.807, 2.05) is 66.7 Å². The number of nitrogens with one attached hydrogen (secondary N) is 1. The number of carbonyl (C=O) groups is 1. The third kappa shape index (κ3) is 5.43. The molecular weight excluding hydrogens is 450 g/mol. The quantitative estimate of drug-likeness (QED) is 0.307. The summed E-state index contributed by atoms with van der Waals surface area (Å²) < 4.78 is 0. The Bertz CT molecular complexity index is 1320. The molecule has 0 aliphatic carbocycles. The molecule has 0 saturated carbocycles. The molecule has 33 heavy (non-hydrogen) atoms. The first-order chi connectivity index (χ1) is 16.0. The van der Waals surface area contributed by atoms with Gasteiger partial charge in [0.2, 0.25) is 5.91 Å². The highest BCUT2D eigenvalue weighted by molar-refractivity contribution is 8.00. The molecule has 0 aliphatic rings. The lowest BCUT2D eigenvalue weighted by molar-refractivity contribution is -0.115. The first kappa shape index (κ1) is 22.6. The summed E-state index contributed by atoms with van der Waals surface area (Å²) in [6.45, 7) is 1.80. The minimum absolute atomic E-state index is 0.195. The van der Waals surface area contributed by atoms with Gasteiger partial charge in [-0.1, -0.05) is 90.1 Å². The van der Waals surface area contributed by atoms with E-state index in [0.717, 1.165) is 22.4 Å². The van der Waals surface area contributed by atoms with Crippen LogP contribution in [0.25, 0.3) is 22.4 Å². The van der Waals surface area contributed by atoms with Gasteiger partial charge in [0.15, 0.2) is 0 Å². The summed E-state index contributed by atoms with van der Waals surface area (Å²) in [5, 5.41) is 13.5. The molecule has 1 heterocycles. The molecule has 1 amide bonds. The summed E-state index contributed by atoms with van der Waals surface area (Å²) in [5.74, 6) is -0.195. The van der Waals surface area contributed by atoms with Crippen molar-refractivity contribution in [2.45, 2.75) is 17.2 Å². The lowest BCUT2D eigenvalue weighted by atomic mass is 9.99. The summed E-state index contributed by atoms with van der Waals surface area (Å²) in [7, 11) is 0. The van der Waals surface area contributed by atoms with Gasteiger partial charge >= 0.3 is 0 Å². The Morgan fingerprint density at radius 1 is 0.970 bits per heavy atom. The molecule has 4 aromatic rings. The van der Waals surface area contributed by atoms with Crippen LogP contribution in [0, 0.1) is 11.3 Å². The maximum absolute atomic E-state index is 12.9. The Morgan fingerprint density at radius 3 is 2.27 bits per heavy atom. The van der Waals surface area contributed by atoms with Gasteiger partial charge in [-0.3, -0.25) is 4.79 Å². The third-order valence-corrected chi connectivity index (χ3v) is 6.32. The van der Waals surface area contributed by atoms with Crippen molar-refractivity contribution in [3.8, 4) is 28.5 Å². The minimum atomic E-state index is -0.488. The molecule has 0 unspecified atom stereocenters. The van der Waals surface area contributed by atoms with E-state index >= 15 is 0 Å². The van der Waals surface area contributed by atoms with Crippen LogP contribution in [0.3, 0.4) is 0 Å². The smallest absolute Gasteiger partial charge is 0.237 e. The van der Waals surface area contributed by atoms with Crippen LogP contribution in [0.1, 0.15) is 12.5 Å². The largest absolute Gasteiger partial charge is 0.325 e. The molecule has 3 aromatic carbocycles. The fourth-order valence-corrected chi connectivity index (χ4v) is 4.46. The van der Waals surface area contributed by atoms with Crippen LogP contribution in [0.5, 0.6) is 0 Å². The number of aromatic nitrogens is 1. The van der Waals surface area contributed by atoms with Gasteiger partial charge in [0.25, 0.3) is 0 Å². The SMILES string of the molecule is C[C@@H](Sc1nc(-c2ccccc2)cc(-c2ccccc2)c1C#N)C(=O)Nc1cccc(Cl)c1. The van der Waals surface area contributed by atoms with Gasteiger partial charge in [0.05, 0.1) is 16.5 Å². The Balaban J connectivity index is 1.72. The summed E-state index contributed by atoms with van der Waals surface area (Å²) in [5.41, 5.74) is 4.48. The monoisotopic (exact) mass is 469 g/mol. The van der Waals surface area contributed by atoms with Crippen LogP contribution in [0.15, 0.2) is 96.0 Å². The lowest BCUT2D eigenvalue weighted by Crippen LogP contribution is -2.22. The summed E-state index contributed by atoms with van der Waals surface area (Å²) in [6.07, 6.45) is 0. The first-order valence-corrected chi connectivity index (χ1v) is 11.6.